The number of nitrogens with zero attached hydrogens (tertiary/aromatic N) is 1. The molecule has 0 atom stereocenters. The topological polar surface area (TPSA) is 16.4 Å². The maximum atomic E-state index is 6.21. The molecule has 0 radical (unpaired) electrons. The molecule has 0 aliphatic rings. The molecule has 0 aliphatic heterocycles. The van der Waals surface area contributed by atoms with Crippen molar-refractivity contribution >= 4 is 39.0 Å². The van der Waals surface area contributed by atoms with Gasteiger partial charge in [0, 0.05) is 27.8 Å². The summed E-state index contributed by atoms with van der Waals surface area (Å²) in [6, 6.07) is 80.0. The van der Waals surface area contributed by atoms with Crippen molar-refractivity contribution in [1.29, 1.82) is 0 Å². The molecule has 264 valence electrons. The normalized spacial score (nSPS) is 11.2. The summed E-state index contributed by atoms with van der Waals surface area (Å²) in [5.41, 5.74) is 17.0. The number of rotatable bonds is 8. The molecular weight excluding hydrogens is 679 g/mol. The second-order valence-electron chi connectivity index (χ2n) is 14.0. The van der Waals surface area contributed by atoms with Crippen LogP contribution in [0.15, 0.2) is 229 Å². The van der Waals surface area contributed by atoms with Crippen molar-refractivity contribution in [1.82, 2.24) is 0 Å². The van der Waals surface area contributed by atoms with E-state index in [1.165, 1.54) is 50.1 Å². The van der Waals surface area contributed by atoms with Crippen LogP contribution in [-0.2, 0) is 0 Å². The fourth-order valence-corrected chi connectivity index (χ4v) is 8.13. The SMILES string of the molecule is c1ccc(-c2ccccc2-c2ccccc2-c2ccccc2-c2ccc(N(c3ccccc3)c3ccc(-c4cccc5oc6ccccc6c45)cc3)cc2)cc1. The largest absolute Gasteiger partial charge is 0.456 e. The summed E-state index contributed by atoms with van der Waals surface area (Å²) >= 11 is 0. The minimum absolute atomic E-state index is 0.904. The lowest BCUT2D eigenvalue weighted by atomic mass is 9.87. The van der Waals surface area contributed by atoms with Crippen molar-refractivity contribution in [2.24, 2.45) is 0 Å². The van der Waals surface area contributed by atoms with Crippen LogP contribution in [0.3, 0.4) is 0 Å². The number of para-hydroxylation sites is 2. The number of anilines is 3. The lowest BCUT2D eigenvalue weighted by Crippen LogP contribution is -2.09. The van der Waals surface area contributed by atoms with Crippen LogP contribution >= 0.6 is 0 Å². The van der Waals surface area contributed by atoms with E-state index in [1.54, 1.807) is 0 Å². The third kappa shape index (κ3) is 6.04. The lowest BCUT2D eigenvalue weighted by molar-refractivity contribution is 0.669. The van der Waals surface area contributed by atoms with Crippen molar-refractivity contribution in [2.75, 3.05) is 4.90 Å². The van der Waals surface area contributed by atoms with E-state index in [9.17, 15) is 0 Å². The van der Waals surface area contributed by atoms with Gasteiger partial charge >= 0.3 is 0 Å². The van der Waals surface area contributed by atoms with E-state index in [0.29, 0.717) is 0 Å². The minimum Gasteiger partial charge on any atom is -0.456 e. The van der Waals surface area contributed by atoms with E-state index in [-0.39, 0.29) is 0 Å². The van der Waals surface area contributed by atoms with Gasteiger partial charge in [0.2, 0.25) is 0 Å². The zero-order valence-corrected chi connectivity index (χ0v) is 30.7. The molecule has 0 N–H and O–H groups in total. The molecule has 0 unspecified atom stereocenters. The maximum absolute atomic E-state index is 6.21. The molecule has 0 bridgehead atoms. The highest BCUT2D eigenvalue weighted by Crippen LogP contribution is 2.43. The van der Waals surface area contributed by atoms with Crippen LogP contribution in [0.2, 0.25) is 0 Å². The Morgan fingerprint density at radius 3 is 1.20 bits per heavy atom. The summed E-state index contributed by atoms with van der Waals surface area (Å²) in [6.07, 6.45) is 0. The quantitative estimate of drug-likeness (QED) is 0.156. The molecule has 1 aromatic heterocycles. The summed E-state index contributed by atoms with van der Waals surface area (Å²) in [7, 11) is 0. The summed E-state index contributed by atoms with van der Waals surface area (Å²) < 4.78 is 6.21. The van der Waals surface area contributed by atoms with E-state index in [2.05, 4.69) is 217 Å². The zero-order valence-electron chi connectivity index (χ0n) is 30.7. The molecule has 0 amide bonds. The zero-order chi connectivity index (χ0) is 37.3. The molecule has 0 saturated carbocycles. The van der Waals surface area contributed by atoms with Crippen LogP contribution in [0, 0.1) is 0 Å². The first-order chi connectivity index (χ1) is 27.8. The molecule has 2 heteroatoms. The Morgan fingerprint density at radius 2 is 0.625 bits per heavy atom. The molecule has 10 rings (SSSR count). The molecule has 10 aromatic rings. The van der Waals surface area contributed by atoms with Crippen molar-refractivity contribution in [2.45, 2.75) is 0 Å². The molecule has 0 aliphatic carbocycles. The molecule has 0 spiro atoms. The molecular formula is C54H37NO. The summed E-state index contributed by atoms with van der Waals surface area (Å²) in [5.74, 6) is 0. The highest BCUT2D eigenvalue weighted by molar-refractivity contribution is 6.12. The van der Waals surface area contributed by atoms with Gasteiger partial charge in [0.05, 0.1) is 0 Å². The third-order valence-electron chi connectivity index (χ3n) is 10.7. The summed E-state index contributed by atoms with van der Waals surface area (Å²) in [6.45, 7) is 0. The Morgan fingerprint density at radius 1 is 0.250 bits per heavy atom. The van der Waals surface area contributed by atoms with Gasteiger partial charge in [0.25, 0.3) is 0 Å². The third-order valence-corrected chi connectivity index (χ3v) is 10.7. The van der Waals surface area contributed by atoms with E-state index in [0.717, 1.165) is 44.6 Å². The van der Waals surface area contributed by atoms with Gasteiger partial charge in [-0.05, 0) is 104 Å². The number of furan rings is 1. The van der Waals surface area contributed by atoms with Crippen molar-refractivity contribution in [3.63, 3.8) is 0 Å². The fraction of sp³-hybridized carbons (Fsp3) is 0. The van der Waals surface area contributed by atoms with Crippen LogP contribution in [0.5, 0.6) is 0 Å². The second-order valence-corrected chi connectivity index (χ2v) is 14.0. The van der Waals surface area contributed by atoms with E-state index in [4.69, 9.17) is 4.42 Å². The number of fused-ring (bicyclic) bond motifs is 3. The van der Waals surface area contributed by atoms with Gasteiger partial charge in [-0.25, -0.2) is 0 Å². The number of benzene rings is 9. The highest BCUT2D eigenvalue weighted by atomic mass is 16.3. The first-order valence-corrected chi connectivity index (χ1v) is 19.1. The van der Waals surface area contributed by atoms with Gasteiger partial charge in [0.15, 0.2) is 0 Å². The average molecular weight is 716 g/mol. The summed E-state index contributed by atoms with van der Waals surface area (Å²) in [4.78, 5) is 2.32. The Hall–Kier alpha value is -7.42. The predicted molar refractivity (Wildman–Crippen MR) is 236 cm³/mol. The van der Waals surface area contributed by atoms with Crippen molar-refractivity contribution in [3.05, 3.63) is 224 Å². The molecule has 9 aromatic carbocycles. The van der Waals surface area contributed by atoms with E-state index >= 15 is 0 Å². The predicted octanol–water partition coefficient (Wildman–Crippen LogP) is 15.4. The molecule has 0 fully saturated rings. The number of hydrogen-bond donors (Lipinski definition) is 0. The van der Waals surface area contributed by atoms with Crippen LogP contribution < -0.4 is 4.90 Å². The standard InChI is InChI=1S/C54H37NO/c1-3-16-38(17-4-1)44-20-7-9-22-47(44)49-24-11-12-25-50(49)48-23-10-8-21-45(48)39-30-34-42(35-31-39)55(41-18-5-2-6-19-41)43-36-32-40(33-37-43)46-27-15-29-53-54(46)51-26-13-14-28-52(51)56-53/h1-37H. The average Bonchev–Trinajstić information content (AvgIpc) is 3.67. The van der Waals surface area contributed by atoms with Gasteiger partial charge in [-0.3, -0.25) is 0 Å². The Labute approximate surface area is 327 Å². The molecule has 0 saturated heterocycles. The smallest absolute Gasteiger partial charge is 0.136 e. The van der Waals surface area contributed by atoms with Crippen molar-refractivity contribution < 1.29 is 4.42 Å². The number of hydrogen-bond acceptors (Lipinski definition) is 2. The first-order valence-electron chi connectivity index (χ1n) is 19.1. The van der Waals surface area contributed by atoms with Gasteiger partial charge in [-0.2, -0.15) is 0 Å². The second kappa shape index (κ2) is 14.4. The van der Waals surface area contributed by atoms with Crippen molar-refractivity contribution in [3.8, 4) is 55.6 Å². The molecule has 2 nitrogen and oxygen atoms in total. The van der Waals surface area contributed by atoms with Crippen LogP contribution in [-0.4, -0.2) is 0 Å². The van der Waals surface area contributed by atoms with Crippen LogP contribution in [0.4, 0.5) is 17.1 Å². The van der Waals surface area contributed by atoms with Gasteiger partial charge in [-0.15, -0.1) is 0 Å². The highest BCUT2D eigenvalue weighted by Gasteiger charge is 2.18. The Kier molecular flexibility index (Phi) is 8.55. The van der Waals surface area contributed by atoms with Crippen LogP contribution in [0.1, 0.15) is 0 Å². The Bertz CT molecular complexity index is 2940. The summed E-state index contributed by atoms with van der Waals surface area (Å²) in [5, 5.41) is 2.28. The minimum atomic E-state index is 0.904. The monoisotopic (exact) mass is 715 g/mol. The fourth-order valence-electron chi connectivity index (χ4n) is 8.13. The molecule has 56 heavy (non-hydrogen) atoms. The van der Waals surface area contributed by atoms with E-state index in [1.807, 2.05) is 12.1 Å². The van der Waals surface area contributed by atoms with Gasteiger partial charge < -0.3 is 9.32 Å². The van der Waals surface area contributed by atoms with Crippen LogP contribution in [0.25, 0.3) is 77.6 Å². The van der Waals surface area contributed by atoms with Gasteiger partial charge in [-0.1, -0.05) is 176 Å². The van der Waals surface area contributed by atoms with Gasteiger partial charge in [0.1, 0.15) is 11.2 Å². The maximum Gasteiger partial charge on any atom is 0.136 e. The Balaban J connectivity index is 1.02. The van der Waals surface area contributed by atoms with E-state index < -0.39 is 0 Å². The lowest BCUT2D eigenvalue weighted by Gasteiger charge is -2.26. The molecule has 1 heterocycles. The first kappa shape index (κ1) is 33.2.